The SMILES string of the molecule is CCCCCCCCCCCCC(C)OC(=O)CCCCCC. The fourth-order valence-electron chi connectivity index (χ4n) is 2.96. The summed E-state index contributed by atoms with van der Waals surface area (Å²) in [5, 5.41) is 0. The van der Waals surface area contributed by atoms with Gasteiger partial charge in [0.05, 0.1) is 6.10 Å². The van der Waals surface area contributed by atoms with Crippen molar-refractivity contribution in [3.8, 4) is 0 Å². The highest BCUT2D eigenvalue weighted by Crippen LogP contribution is 2.13. The van der Waals surface area contributed by atoms with Gasteiger partial charge in [-0.15, -0.1) is 0 Å². The van der Waals surface area contributed by atoms with Crippen LogP contribution in [0.4, 0.5) is 0 Å². The molecule has 0 radical (unpaired) electrons. The van der Waals surface area contributed by atoms with Gasteiger partial charge in [0, 0.05) is 6.42 Å². The van der Waals surface area contributed by atoms with Crippen LogP contribution in [0, 0.1) is 0 Å². The molecule has 0 saturated heterocycles. The van der Waals surface area contributed by atoms with Crippen molar-refractivity contribution in [2.45, 2.75) is 130 Å². The van der Waals surface area contributed by atoms with Crippen LogP contribution in [0.5, 0.6) is 0 Å². The summed E-state index contributed by atoms with van der Waals surface area (Å²) >= 11 is 0. The van der Waals surface area contributed by atoms with Crippen molar-refractivity contribution >= 4 is 5.97 Å². The van der Waals surface area contributed by atoms with E-state index in [9.17, 15) is 4.79 Å². The molecule has 0 rings (SSSR count). The molecular formula is C21H42O2. The van der Waals surface area contributed by atoms with Gasteiger partial charge in [-0.2, -0.15) is 0 Å². The van der Waals surface area contributed by atoms with Gasteiger partial charge < -0.3 is 4.74 Å². The lowest BCUT2D eigenvalue weighted by atomic mass is 10.0. The molecule has 23 heavy (non-hydrogen) atoms. The number of carbonyl (C=O) groups excluding carboxylic acids is 1. The van der Waals surface area contributed by atoms with E-state index in [1.165, 1.54) is 77.0 Å². The zero-order valence-electron chi connectivity index (χ0n) is 16.2. The monoisotopic (exact) mass is 326 g/mol. The summed E-state index contributed by atoms with van der Waals surface area (Å²) in [6.45, 7) is 6.50. The van der Waals surface area contributed by atoms with Gasteiger partial charge in [0.1, 0.15) is 0 Å². The smallest absolute Gasteiger partial charge is 0.306 e. The standard InChI is InChI=1S/C21H42O2/c1-4-6-8-10-11-12-13-14-15-16-18-20(3)23-21(22)19-17-9-7-5-2/h20H,4-19H2,1-3H3. The molecule has 0 saturated carbocycles. The number of hydrogen-bond donors (Lipinski definition) is 0. The van der Waals surface area contributed by atoms with Crippen LogP contribution in [0.3, 0.4) is 0 Å². The van der Waals surface area contributed by atoms with Crippen LogP contribution in [0.1, 0.15) is 124 Å². The van der Waals surface area contributed by atoms with Crippen molar-refractivity contribution in [1.82, 2.24) is 0 Å². The van der Waals surface area contributed by atoms with Gasteiger partial charge >= 0.3 is 5.97 Å². The number of rotatable bonds is 17. The summed E-state index contributed by atoms with van der Waals surface area (Å²) in [6, 6.07) is 0. The van der Waals surface area contributed by atoms with Crippen LogP contribution >= 0.6 is 0 Å². The maximum atomic E-state index is 11.7. The highest BCUT2D eigenvalue weighted by molar-refractivity contribution is 5.69. The van der Waals surface area contributed by atoms with Crippen LogP contribution in [0.2, 0.25) is 0 Å². The summed E-state index contributed by atoms with van der Waals surface area (Å²) in [7, 11) is 0. The summed E-state index contributed by atoms with van der Waals surface area (Å²) in [4.78, 5) is 11.7. The molecule has 0 aromatic heterocycles. The first-order chi connectivity index (χ1) is 11.2. The predicted molar refractivity (Wildman–Crippen MR) is 101 cm³/mol. The van der Waals surface area contributed by atoms with Crippen molar-refractivity contribution in [2.24, 2.45) is 0 Å². The van der Waals surface area contributed by atoms with Gasteiger partial charge in [0.25, 0.3) is 0 Å². The molecule has 0 aromatic carbocycles. The Labute approximate surface area is 145 Å². The first-order valence-corrected chi connectivity index (χ1v) is 10.4. The number of hydrogen-bond acceptors (Lipinski definition) is 2. The van der Waals surface area contributed by atoms with Gasteiger partial charge in [-0.25, -0.2) is 0 Å². The fraction of sp³-hybridized carbons (Fsp3) is 0.952. The number of esters is 1. The van der Waals surface area contributed by atoms with E-state index in [1.54, 1.807) is 0 Å². The Morgan fingerprint density at radius 1 is 0.696 bits per heavy atom. The molecule has 0 fully saturated rings. The van der Waals surface area contributed by atoms with E-state index in [-0.39, 0.29) is 12.1 Å². The number of unbranched alkanes of at least 4 members (excludes halogenated alkanes) is 12. The third kappa shape index (κ3) is 17.7. The zero-order chi connectivity index (χ0) is 17.2. The molecule has 0 amide bonds. The molecule has 138 valence electrons. The molecule has 0 aliphatic rings. The zero-order valence-corrected chi connectivity index (χ0v) is 16.2. The predicted octanol–water partition coefficient (Wildman–Crippen LogP) is 7.20. The second kappa shape index (κ2) is 17.8. The quantitative estimate of drug-likeness (QED) is 0.209. The van der Waals surface area contributed by atoms with Crippen LogP contribution in [-0.4, -0.2) is 12.1 Å². The number of carbonyl (C=O) groups is 1. The normalized spacial score (nSPS) is 12.3. The third-order valence-electron chi connectivity index (χ3n) is 4.53. The van der Waals surface area contributed by atoms with Gasteiger partial charge in [0.2, 0.25) is 0 Å². The first-order valence-electron chi connectivity index (χ1n) is 10.4. The molecule has 0 aliphatic carbocycles. The van der Waals surface area contributed by atoms with Gasteiger partial charge in [-0.1, -0.05) is 90.9 Å². The Kier molecular flexibility index (Phi) is 17.4. The van der Waals surface area contributed by atoms with E-state index in [4.69, 9.17) is 4.74 Å². The molecule has 0 aliphatic heterocycles. The van der Waals surface area contributed by atoms with Gasteiger partial charge in [-0.05, 0) is 26.2 Å². The van der Waals surface area contributed by atoms with E-state index in [2.05, 4.69) is 13.8 Å². The van der Waals surface area contributed by atoms with Crippen molar-refractivity contribution in [3.63, 3.8) is 0 Å². The first kappa shape index (κ1) is 22.5. The Hall–Kier alpha value is -0.530. The van der Waals surface area contributed by atoms with Crippen molar-refractivity contribution < 1.29 is 9.53 Å². The van der Waals surface area contributed by atoms with Gasteiger partial charge in [0.15, 0.2) is 0 Å². The summed E-state index contributed by atoms with van der Waals surface area (Å²) in [5.41, 5.74) is 0. The third-order valence-corrected chi connectivity index (χ3v) is 4.53. The minimum atomic E-state index is 0.000632. The lowest BCUT2D eigenvalue weighted by Crippen LogP contribution is -2.14. The summed E-state index contributed by atoms with van der Waals surface area (Å²) < 4.78 is 5.47. The molecule has 0 spiro atoms. The summed E-state index contributed by atoms with van der Waals surface area (Å²) in [6.07, 6.45) is 19.9. The van der Waals surface area contributed by atoms with Crippen LogP contribution < -0.4 is 0 Å². The van der Waals surface area contributed by atoms with E-state index < -0.39 is 0 Å². The van der Waals surface area contributed by atoms with Crippen molar-refractivity contribution in [2.75, 3.05) is 0 Å². The molecule has 0 heterocycles. The number of ether oxygens (including phenoxy) is 1. The second-order valence-corrected chi connectivity index (χ2v) is 7.08. The molecule has 0 aromatic rings. The van der Waals surface area contributed by atoms with E-state index in [0.29, 0.717) is 6.42 Å². The highest BCUT2D eigenvalue weighted by atomic mass is 16.5. The molecule has 2 nitrogen and oxygen atoms in total. The average molecular weight is 327 g/mol. The fourth-order valence-corrected chi connectivity index (χ4v) is 2.96. The van der Waals surface area contributed by atoms with Crippen LogP contribution in [0.25, 0.3) is 0 Å². The highest BCUT2D eigenvalue weighted by Gasteiger charge is 2.08. The van der Waals surface area contributed by atoms with Crippen LogP contribution in [0.15, 0.2) is 0 Å². The second-order valence-electron chi connectivity index (χ2n) is 7.08. The van der Waals surface area contributed by atoms with E-state index in [1.807, 2.05) is 6.92 Å². The average Bonchev–Trinajstić information content (AvgIpc) is 2.53. The lowest BCUT2D eigenvalue weighted by molar-refractivity contribution is -0.148. The molecular weight excluding hydrogens is 284 g/mol. The largest absolute Gasteiger partial charge is 0.463 e. The van der Waals surface area contributed by atoms with E-state index in [0.717, 1.165) is 19.3 Å². The van der Waals surface area contributed by atoms with Crippen molar-refractivity contribution in [3.05, 3.63) is 0 Å². The topological polar surface area (TPSA) is 26.3 Å². The Morgan fingerprint density at radius 2 is 1.13 bits per heavy atom. The molecule has 0 bridgehead atoms. The molecule has 0 N–H and O–H groups in total. The molecule has 1 unspecified atom stereocenters. The molecule has 1 atom stereocenters. The minimum absolute atomic E-state index is 0.000632. The minimum Gasteiger partial charge on any atom is -0.463 e. The maximum absolute atomic E-state index is 11.7. The lowest BCUT2D eigenvalue weighted by Gasteiger charge is -2.13. The van der Waals surface area contributed by atoms with Gasteiger partial charge in [-0.3, -0.25) is 4.79 Å². The molecule has 2 heteroatoms. The Bertz CT molecular complexity index is 250. The van der Waals surface area contributed by atoms with Crippen molar-refractivity contribution in [1.29, 1.82) is 0 Å². The maximum Gasteiger partial charge on any atom is 0.306 e. The Balaban J connectivity index is 3.29. The Morgan fingerprint density at radius 3 is 1.65 bits per heavy atom. The van der Waals surface area contributed by atoms with E-state index >= 15 is 0 Å². The van der Waals surface area contributed by atoms with Crippen LogP contribution in [-0.2, 0) is 9.53 Å². The summed E-state index contributed by atoms with van der Waals surface area (Å²) in [5.74, 6) is 0.000632.